The van der Waals surface area contributed by atoms with Gasteiger partial charge in [0, 0.05) is 6.04 Å². The van der Waals surface area contributed by atoms with E-state index in [1.807, 2.05) is 6.92 Å². The van der Waals surface area contributed by atoms with Gasteiger partial charge in [-0.25, -0.2) is 0 Å². The van der Waals surface area contributed by atoms with E-state index in [2.05, 4.69) is 26.1 Å². The Kier molecular flexibility index (Phi) is 3.96. The largest absolute Gasteiger partial charge is 0.393 e. The molecule has 0 heterocycles. The first-order chi connectivity index (χ1) is 6.41. The van der Waals surface area contributed by atoms with Gasteiger partial charge < -0.3 is 10.4 Å². The highest BCUT2D eigenvalue weighted by atomic mass is 16.3. The molecule has 14 heavy (non-hydrogen) atoms. The fourth-order valence-electron chi connectivity index (χ4n) is 2.64. The number of hydrogen-bond donors (Lipinski definition) is 2. The van der Waals surface area contributed by atoms with E-state index < -0.39 is 0 Å². The molecule has 0 saturated heterocycles. The summed E-state index contributed by atoms with van der Waals surface area (Å²) in [4.78, 5) is 0. The molecular formula is C12H25NO. The van der Waals surface area contributed by atoms with Crippen LogP contribution in [-0.4, -0.2) is 23.8 Å². The lowest BCUT2D eigenvalue weighted by Crippen LogP contribution is -2.33. The standard InChI is InChI=1S/C12H25NO/c1-9-7-12(3,4)8-11(9)13-6-5-10(2)14/h9-11,13-14H,5-8H2,1-4H3. The number of aliphatic hydroxyl groups excluding tert-OH is 1. The highest BCUT2D eigenvalue weighted by Gasteiger charge is 2.35. The molecule has 0 aromatic heterocycles. The van der Waals surface area contributed by atoms with Crippen LogP contribution in [0.15, 0.2) is 0 Å². The van der Waals surface area contributed by atoms with Crippen LogP contribution in [0, 0.1) is 11.3 Å². The molecule has 1 aliphatic rings. The van der Waals surface area contributed by atoms with E-state index in [-0.39, 0.29) is 6.10 Å². The maximum Gasteiger partial charge on any atom is 0.0524 e. The fraction of sp³-hybridized carbons (Fsp3) is 1.00. The number of nitrogens with one attached hydrogen (secondary N) is 1. The molecular weight excluding hydrogens is 174 g/mol. The highest BCUT2D eigenvalue weighted by Crippen LogP contribution is 2.40. The average Bonchev–Trinajstić information content (AvgIpc) is 2.24. The smallest absolute Gasteiger partial charge is 0.0524 e. The first kappa shape index (κ1) is 12.0. The van der Waals surface area contributed by atoms with Crippen LogP contribution in [0.2, 0.25) is 0 Å². The van der Waals surface area contributed by atoms with Crippen molar-refractivity contribution in [2.75, 3.05) is 6.54 Å². The van der Waals surface area contributed by atoms with Crippen LogP contribution < -0.4 is 5.32 Å². The summed E-state index contributed by atoms with van der Waals surface area (Å²) in [7, 11) is 0. The van der Waals surface area contributed by atoms with Gasteiger partial charge in [-0.15, -0.1) is 0 Å². The lowest BCUT2D eigenvalue weighted by Gasteiger charge is -2.19. The molecule has 2 nitrogen and oxygen atoms in total. The molecule has 2 heteroatoms. The number of aliphatic hydroxyl groups is 1. The van der Waals surface area contributed by atoms with Crippen LogP contribution in [0.25, 0.3) is 0 Å². The molecule has 1 saturated carbocycles. The van der Waals surface area contributed by atoms with Crippen molar-refractivity contribution in [3.8, 4) is 0 Å². The van der Waals surface area contributed by atoms with Gasteiger partial charge in [0.05, 0.1) is 6.10 Å². The zero-order chi connectivity index (χ0) is 10.8. The lowest BCUT2D eigenvalue weighted by atomic mass is 9.91. The Labute approximate surface area is 88.1 Å². The van der Waals surface area contributed by atoms with E-state index in [9.17, 15) is 0 Å². The SMILES string of the molecule is CC(O)CCNC1CC(C)(C)CC1C. The monoisotopic (exact) mass is 199 g/mol. The third kappa shape index (κ3) is 3.58. The molecule has 1 rings (SSSR count). The van der Waals surface area contributed by atoms with Crippen molar-refractivity contribution in [3.05, 3.63) is 0 Å². The summed E-state index contributed by atoms with van der Waals surface area (Å²) < 4.78 is 0. The number of hydrogen-bond acceptors (Lipinski definition) is 2. The van der Waals surface area contributed by atoms with E-state index >= 15 is 0 Å². The molecule has 3 atom stereocenters. The van der Waals surface area contributed by atoms with Crippen LogP contribution >= 0.6 is 0 Å². The third-order valence-electron chi connectivity index (χ3n) is 3.30. The van der Waals surface area contributed by atoms with Gasteiger partial charge in [0.2, 0.25) is 0 Å². The summed E-state index contributed by atoms with van der Waals surface area (Å²) >= 11 is 0. The Morgan fingerprint density at radius 1 is 1.43 bits per heavy atom. The molecule has 1 fully saturated rings. The second-order valence-corrected chi connectivity index (χ2v) is 5.75. The first-order valence-corrected chi connectivity index (χ1v) is 5.82. The predicted molar refractivity (Wildman–Crippen MR) is 60.3 cm³/mol. The molecule has 0 spiro atoms. The van der Waals surface area contributed by atoms with Crippen molar-refractivity contribution in [1.29, 1.82) is 0 Å². The first-order valence-electron chi connectivity index (χ1n) is 5.82. The van der Waals surface area contributed by atoms with E-state index in [4.69, 9.17) is 5.11 Å². The minimum absolute atomic E-state index is 0.174. The Morgan fingerprint density at radius 3 is 2.50 bits per heavy atom. The molecule has 0 amide bonds. The van der Waals surface area contributed by atoms with E-state index in [0.717, 1.165) is 18.9 Å². The zero-order valence-electron chi connectivity index (χ0n) is 10.0. The average molecular weight is 199 g/mol. The molecule has 0 radical (unpaired) electrons. The number of rotatable bonds is 4. The van der Waals surface area contributed by atoms with Crippen molar-refractivity contribution in [1.82, 2.24) is 5.32 Å². The normalized spacial score (nSPS) is 33.2. The molecule has 0 aromatic rings. The summed E-state index contributed by atoms with van der Waals surface area (Å²) in [5.41, 5.74) is 0.502. The van der Waals surface area contributed by atoms with Gasteiger partial charge >= 0.3 is 0 Å². The van der Waals surface area contributed by atoms with Crippen molar-refractivity contribution < 1.29 is 5.11 Å². The Balaban J connectivity index is 2.25. The summed E-state index contributed by atoms with van der Waals surface area (Å²) in [6.07, 6.45) is 3.28. The van der Waals surface area contributed by atoms with Gasteiger partial charge in [0.25, 0.3) is 0 Å². The predicted octanol–water partition coefficient (Wildman–Crippen LogP) is 2.17. The van der Waals surface area contributed by atoms with Crippen molar-refractivity contribution >= 4 is 0 Å². The van der Waals surface area contributed by atoms with E-state index in [1.54, 1.807) is 0 Å². The van der Waals surface area contributed by atoms with E-state index in [1.165, 1.54) is 12.8 Å². The van der Waals surface area contributed by atoms with Gasteiger partial charge in [-0.2, -0.15) is 0 Å². The topological polar surface area (TPSA) is 32.3 Å². The maximum atomic E-state index is 9.15. The van der Waals surface area contributed by atoms with Crippen LogP contribution in [0.1, 0.15) is 47.0 Å². The van der Waals surface area contributed by atoms with Crippen molar-refractivity contribution in [3.63, 3.8) is 0 Å². The molecule has 0 bridgehead atoms. The summed E-state index contributed by atoms with van der Waals surface area (Å²) in [5, 5.41) is 12.7. The molecule has 0 aliphatic heterocycles. The zero-order valence-corrected chi connectivity index (χ0v) is 10.0. The minimum Gasteiger partial charge on any atom is -0.393 e. The molecule has 84 valence electrons. The Hall–Kier alpha value is -0.0800. The second-order valence-electron chi connectivity index (χ2n) is 5.75. The van der Waals surface area contributed by atoms with Crippen LogP contribution in [0.3, 0.4) is 0 Å². The quantitative estimate of drug-likeness (QED) is 0.727. The van der Waals surface area contributed by atoms with Crippen LogP contribution in [-0.2, 0) is 0 Å². The minimum atomic E-state index is -0.174. The van der Waals surface area contributed by atoms with Gasteiger partial charge in [0.15, 0.2) is 0 Å². The van der Waals surface area contributed by atoms with Crippen molar-refractivity contribution in [2.24, 2.45) is 11.3 Å². The molecule has 0 aromatic carbocycles. The third-order valence-corrected chi connectivity index (χ3v) is 3.30. The molecule has 2 N–H and O–H groups in total. The summed E-state index contributed by atoms with van der Waals surface area (Å²) in [5.74, 6) is 0.777. The Morgan fingerprint density at radius 2 is 2.07 bits per heavy atom. The van der Waals surface area contributed by atoms with Gasteiger partial charge in [0.1, 0.15) is 0 Å². The molecule has 3 unspecified atom stereocenters. The summed E-state index contributed by atoms with van der Waals surface area (Å²) in [6, 6.07) is 0.656. The summed E-state index contributed by atoms with van der Waals surface area (Å²) in [6.45, 7) is 9.82. The fourth-order valence-corrected chi connectivity index (χ4v) is 2.64. The van der Waals surface area contributed by atoms with Crippen LogP contribution in [0.4, 0.5) is 0 Å². The van der Waals surface area contributed by atoms with Gasteiger partial charge in [-0.05, 0) is 44.1 Å². The Bertz CT molecular complexity index is 177. The second kappa shape index (κ2) is 4.63. The van der Waals surface area contributed by atoms with Gasteiger partial charge in [-0.1, -0.05) is 20.8 Å². The molecule has 1 aliphatic carbocycles. The highest BCUT2D eigenvalue weighted by molar-refractivity contribution is 4.90. The van der Waals surface area contributed by atoms with E-state index in [0.29, 0.717) is 11.5 Å². The lowest BCUT2D eigenvalue weighted by molar-refractivity contribution is 0.181. The van der Waals surface area contributed by atoms with Crippen molar-refractivity contribution in [2.45, 2.75) is 59.1 Å². The maximum absolute atomic E-state index is 9.15. The van der Waals surface area contributed by atoms with Crippen LogP contribution in [0.5, 0.6) is 0 Å². The van der Waals surface area contributed by atoms with Gasteiger partial charge in [-0.3, -0.25) is 0 Å².